The van der Waals surface area contributed by atoms with Crippen LogP contribution >= 0.6 is 0 Å². The summed E-state index contributed by atoms with van der Waals surface area (Å²) in [6.45, 7) is 2.37. The van der Waals surface area contributed by atoms with Gasteiger partial charge in [0.25, 0.3) is 0 Å². The molecule has 8 nitrogen and oxygen atoms in total. The third-order valence-corrected chi connectivity index (χ3v) is 5.26. The monoisotopic (exact) mass is 406 g/mol. The van der Waals surface area contributed by atoms with Crippen molar-refractivity contribution in [3.05, 3.63) is 59.4 Å². The predicted molar refractivity (Wildman–Crippen MR) is 109 cm³/mol. The van der Waals surface area contributed by atoms with Crippen LogP contribution in [0.1, 0.15) is 29.8 Å². The molecule has 1 fully saturated rings. The van der Waals surface area contributed by atoms with Gasteiger partial charge in [0.05, 0.1) is 17.6 Å². The summed E-state index contributed by atoms with van der Waals surface area (Å²) in [5, 5.41) is 2.30. The molecule has 1 aliphatic heterocycles. The van der Waals surface area contributed by atoms with E-state index >= 15 is 0 Å². The lowest BCUT2D eigenvalue weighted by molar-refractivity contribution is -0.141. The number of nitrogens with zero attached hydrogens (tertiary/aromatic N) is 2. The zero-order valence-corrected chi connectivity index (χ0v) is 16.6. The van der Waals surface area contributed by atoms with Crippen LogP contribution in [0.3, 0.4) is 0 Å². The molecule has 1 unspecified atom stereocenters. The van der Waals surface area contributed by atoms with Crippen LogP contribution in [0.15, 0.2) is 42.5 Å². The molecule has 1 aliphatic rings. The molecule has 0 bridgehead atoms. The van der Waals surface area contributed by atoms with Crippen LogP contribution in [0.25, 0.3) is 11.0 Å². The summed E-state index contributed by atoms with van der Waals surface area (Å²) in [6, 6.07) is 12.7. The quantitative estimate of drug-likeness (QED) is 0.462. The number of aromatic amines is 1. The van der Waals surface area contributed by atoms with Gasteiger partial charge in [0.15, 0.2) is 0 Å². The number of hydrogen-bond acceptors (Lipinski definition) is 5. The highest BCUT2D eigenvalue weighted by Gasteiger charge is 2.31. The van der Waals surface area contributed by atoms with Crippen LogP contribution < -0.4 is 10.1 Å². The van der Waals surface area contributed by atoms with Crippen LogP contribution in [-0.2, 0) is 27.5 Å². The van der Waals surface area contributed by atoms with E-state index in [1.807, 2.05) is 49.4 Å². The van der Waals surface area contributed by atoms with Gasteiger partial charge in [0.1, 0.15) is 24.2 Å². The maximum atomic E-state index is 12.2. The van der Waals surface area contributed by atoms with Crippen molar-refractivity contribution < 1.29 is 19.1 Å². The number of fused-ring (bicyclic) bond motifs is 1. The van der Waals surface area contributed by atoms with Gasteiger partial charge < -0.3 is 14.6 Å². The molecule has 2 N–H and O–H groups in total. The Bertz CT molecular complexity index is 1070. The molecule has 8 heteroatoms. The summed E-state index contributed by atoms with van der Waals surface area (Å²) in [5.41, 5.74) is 3.55. The van der Waals surface area contributed by atoms with Crippen molar-refractivity contribution in [1.29, 1.82) is 0 Å². The molecule has 0 radical (unpaired) electrons. The number of H-pyrrole nitrogens is 1. The summed E-state index contributed by atoms with van der Waals surface area (Å²) in [7, 11) is 0. The molecule has 3 amide bonds. The molecule has 1 saturated heterocycles. The van der Waals surface area contributed by atoms with E-state index in [2.05, 4.69) is 15.3 Å². The maximum Gasteiger partial charge on any atom is 0.249 e. The molecule has 4 rings (SSSR count). The second-order valence-electron chi connectivity index (χ2n) is 7.29. The number of amides is 3. The average Bonchev–Trinajstić information content (AvgIpc) is 3.15. The van der Waals surface area contributed by atoms with E-state index in [1.54, 1.807) is 0 Å². The number of ether oxygens (including phenoxy) is 1. The summed E-state index contributed by atoms with van der Waals surface area (Å²) in [6.07, 6.45) is 1.17. The van der Waals surface area contributed by atoms with Gasteiger partial charge in [-0.2, -0.15) is 0 Å². The molecule has 0 aliphatic carbocycles. The van der Waals surface area contributed by atoms with Crippen molar-refractivity contribution in [2.45, 2.75) is 39.0 Å². The van der Waals surface area contributed by atoms with Gasteiger partial charge in [0, 0.05) is 12.0 Å². The van der Waals surface area contributed by atoms with Gasteiger partial charge in [-0.1, -0.05) is 24.3 Å². The number of nitrogens with one attached hydrogen (secondary N) is 2. The normalized spacial score (nSPS) is 16.4. The fraction of sp³-hybridized carbons (Fsp3) is 0.273. The number of aromatic nitrogens is 2. The van der Waals surface area contributed by atoms with E-state index in [-0.39, 0.29) is 25.5 Å². The molecule has 1 atom stereocenters. The van der Waals surface area contributed by atoms with Crippen molar-refractivity contribution in [2.24, 2.45) is 0 Å². The Balaban J connectivity index is 1.52. The first-order valence-corrected chi connectivity index (χ1v) is 9.75. The lowest BCUT2D eigenvalue weighted by atomic mass is 10.0. The predicted octanol–water partition coefficient (Wildman–Crippen LogP) is 2.21. The van der Waals surface area contributed by atoms with Crippen molar-refractivity contribution in [1.82, 2.24) is 20.2 Å². The number of hydrogen-bond donors (Lipinski definition) is 2. The summed E-state index contributed by atoms with van der Waals surface area (Å²) >= 11 is 0. The fourth-order valence-electron chi connectivity index (χ4n) is 3.64. The fourth-order valence-corrected chi connectivity index (χ4v) is 3.64. The number of piperidine rings is 1. The first kappa shape index (κ1) is 19.6. The van der Waals surface area contributed by atoms with Crippen molar-refractivity contribution in [3.8, 4) is 5.75 Å². The van der Waals surface area contributed by atoms with E-state index < -0.39 is 11.9 Å². The largest absolute Gasteiger partial charge is 0.485 e. The number of rotatable bonds is 7. The highest BCUT2D eigenvalue weighted by molar-refractivity contribution is 6.00. The Morgan fingerprint density at radius 1 is 1.20 bits per heavy atom. The van der Waals surface area contributed by atoms with Crippen molar-refractivity contribution in [3.63, 3.8) is 0 Å². The maximum absolute atomic E-state index is 12.2. The van der Waals surface area contributed by atoms with E-state index in [0.717, 1.165) is 22.2 Å². The third-order valence-electron chi connectivity index (χ3n) is 5.26. The summed E-state index contributed by atoms with van der Waals surface area (Å²) in [4.78, 5) is 44.5. The Hall–Kier alpha value is -3.68. The molecular formula is C22H22N4O4. The van der Waals surface area contributed by atoms with E-state index in [4.69, 9.17) is 4.74 Å². The van der Waals surface area contributed by atoms with Gasteiger partial charge in [0.2, 0.25) is 18.2 Å². The lowest BCUT2D eigenvalue weighted by Crippen LogP contribution is -2.51. The van der Waals surface area contributed by atoms with Crippen LogP contribution in [0.2, 0.25) is 0 Å². The second-order valence-corrected chi connectivity index (χ2v) is 7.29. The topological polar surface area (TPSA) is 104 Å². The van der Waals surface area contributed by atoms with Gasteiger partial charge in [-0.3, -0.25) is 19.7 Å². The summed E-state index contributed by atoms with van der Waals surface area (Å²) in [5.74, 6) is 0.556. The number of aryl methyl sites for hydroxylation is 1. The lowest BCUT2D eigenvalue weighted by Gasteiger charge is -2.30. The highest BCUT2D eigenvalue weighted by atomic mass is 16.5. The first-order chi connectivity index (χ1) is 14.5. The average molecular weight is 406 g/mol. The molecular weight excluding hydrogens is 384 g/mol. The first-order valence-electron chi connectivity index (χ1n) is 9.75. The standard InChI is InChI=1S/C22H22N4O4/c1-14-5-4-8-19(30-12-20-23-16-6-2-3-7-17(16)24-20)15(14)11-26(13-27)18-9-10-21(28)25-22(18)29/h2-8,13,18H,9-12H2,1H3,(H,23,24)(H,25,28,29). The molecule has 0 spiro atoms. The number of imidazole rings is 1. The van der Waals surface area contributed by atoms with Crippen LogP contribution in [-0.4, -0.2) is 39.1 Å². The number of carbonyl (C=O) groups is 3. The summed E-state index contributed by atoms with van der Waals surface area (Å²) < 4.78 is 6.02. The molecule has 154 valence electrons. The van der Waals surface area contributed by atoms with Crippen LogP contribution in [0.4, 0.5) is 0 Å². The SMILES string of the molecule is Cc1cccc(OCc2nc3ccccc3[nH]2)c1CN(C=O)C1CCC(=O)NC1=O. The van der Waals surface area contributed by atoms with E-state index in [0.29, 0.717) is 24.4 Å². The number of benzene rings is 2. The molecule has 2 heterocycles. The molecule has 2 aromatic carbocycles. The van der Waals surface area contributed by atoms with Gasteiger partial charge in [-0.25, -0.2) is 4.98 Å². The van der Waals surface area contributed by atoms with Crippen molar-refractivity contribution in [2.75, 3.05) is 0 Å². The highest BCUT2D eigenvalue weighted by Crippen LogP contribution is 2.26. The Morgan fingerprint density at radius 2 is 2.03 bits per heavy atom. The number of para-hydroxylation sites is 2. The Labute approximate surface area is 173 Å². The van der Waals surface area contributed by atoms with Crippen molar-refractivity contribution >= 4 is 29.3 Å². The minimum Gasteiger partial charge on any atom is -0.485 e. The molecule has 30 heavy (non-hydrogen) atoms. The zero-order chi connectivity index (χ0) is 21.1. The smallest absolute Gasteiger partial charge is 0.249 e. The molecule has 1 aromatic heterocycles. The third kappa shape index (κ3) is 4.03. The number of carbonyl (C=O) groups excluding carboxylic acids is 3. The second kappa shape index (κ2) is 8.36. The molecule has 0 saturated carbocycles. The molecule has 3 aromatic rings. The van der Waals surface area contributed by atoms with Gasteiger partial charge in [-0.05, 0) is 37.1 Å². The van der Waals surface area contributed by atoms with E-state index in [9.17, 15) is 14.4 Å². The minimum absolute atomic E-state index is 0.206. The number of imide groups is 1. The Morgan fingerprint density at radius 3 is 2.80 bits per heavy atom. The van der Waals surface area contributed by atoms with E-state index in [1.165, 1.54) is 4.90 Å². The minimum atomic E-state index is -0.678. The van der Waals surface area contributed by atoms with Gasteiger partial charge in [-0.15, -0.1) is 0 Å². The zero-order valence-electron chi connectivity index (χ0n) is 16.6. The van der Waals surface area contributed by atoms with Crippen LogP contribution in [0.5, 0.6) is 5.75 Å². The van der Waals surface area contributed by atoms with Gasteiger partial charge >= 0.3 is 0 Å². The van der Waals surface area contributed by atoms with Crippen LogP contribution in [0, 0.1) is 6.92 Å². The Kier molecular flexibility index (Phi) is 5.47.